The summed E-state index contributed by atoms with van der Waals surface area (Å²) < 4.78 is 20.1. The Bertz CT molecular complexity index is 537. The summed E-state index contributed by atoms with van der Waals surface area (Å²) in [6, 6.07) is 5.83. The van der Waals surface area contributed by atoms with Gasteiger partial charge >= 0.3 is 0 Å². The summed E-state index contributed by atoms with van der Waals surface area (Å²) in [5.41, 5.74) is 1.30. The predicted octanol–water partition coefficient (Wildman–Crippen LogP) is 2.15. The van der Waals surface area contributed by atoms with E-state index in [2.05, 4.69) is 5.10 Å². The molecule has 0 fully saturated rings. The van der Waals surface area contributed by atoms with Crippen LogP contribution >= 0.6 is 0 Å². The summed E-state index contributed by atoms with van der Waals surface area (Å²) in [4.78, 5) is 0. The van der Waals surface area contributed by atoms with Crippen molar-refractivity contribution >= 4 is 0 Å². The molecule has 0 unspecified atom stereocenters. The Labute approximate surface area is 98.3 Å². The number of aliphatic hydroxyl groups is 1. The van der Waals surface area contributed by atoms with Crippen LogP contribution in [0.25, 0.3) is 0 Å². The fraction of sp³-hybridized carbons (Fsp3) is 0.250. The van der Waals surface area contributed by atoms with Gasteiger partial charge in [-0.05, 0) is 19.1 Å². The molecule has 2 rings (SSSR count). The van der Waals surface area contributed by atoms with Crippen molar-refractivity contribution in [1.82, 2.24) is 9.78 Å². The molecule has 5 heteroatoms. The summed E-state index contributed by atoms with van der Waals surface area (Å²) in [5, 5.41) is 13.4. The van der Waals surface area contributed by atoms with E-state index in [9.17, 15) is 9.50 Å². The number of hydrogen-bond donors (Lipinski definition) is 1. The van der Waals surface area contributed by atoms with Crippen LogP contribution in [0.5, 0.6) is 11.6 Å². The fourth-order valence-corrected chi connectivity index (χ4v) is 1.63. The lowest BCUT2D eigenvalue weighted by Crippen LogP contribution is -1.97. The van der Waals surface area contributed by atoms with Crippen LogP contribution in [0, 0.1) is 12.7 Å². The smallest absolute Gasteiger partial charge is 0.223 e. The minimum absolute atomic E-state index is 0.162. The van der Waals surface area contributed by atoms with Gasteiger partial charge in [0.25, 0.3) is 0 Å². The van der Waals surface area contributed by atoms with E-state index in [1.807, 2.05) is 0 Å². The summed E-state index contributed by atoms with van der Waals surface area (Å²) in [6.45, 7) is 1.62. The highest BCUT2D eigenvalue weighted by atomic mass is 19.1. The first-order valence-electron chi connectivity index (χ1n) is 5.18. The van der Waals surface area contributed by atoms with Gasteiger partial charge in [-0.25, -0.2) is 9.07 Å². The van der Waals surface area contributed by atoms with Crippen LogP contribution in [-0.4, -0.2) is 14.9 Å². The molecule has 1 heterocycles. The molecule has 2 aromatic rings. The van der Waals surface area contributed by atoms with Crippen molar-refractivity contribution in [3.8, 4) is 11.6 Å². The number of hydrogen-bond acceptors (Lipinski definition) is 3. The van der Waals surface area contributed by atoms with E-state index in [0.29, 0.717) is 22.9 Å². The van der Waals surface area contributed by atoms with Gasteiger partial charge in [-0.2, -0.15) is 5.10 Å². The minimum atomic E-state index is -0.369. The second kappa shape index (κ2) is 4.55. The molecule has 0 atom stereocenters. The van der Waals surface area contributed by atoms with Crippen LogP contribution in [0.1, 0.15) is 11.3 Å². The first-order chi connectivity index (χ1) is 8.11. The van der Waals surface area contributed by atoms with Gasteiger partial charge in [0.15, 0.2) is 0 Å². The summed E-state index contributed by atoms with van der Waals surface area (Å²) >= 11 is 0. The van der Waals surface area contributed by atoms with Gasteiger partial charge in [0.1, 0.15) is 11.6 Å². The zero-order chi connectivity index (χ0) is 12.4. The summed E-state index contributed by atoms with van der Waals surface area (Å²) in [6.07, 6.45) is 0. The van der Waals surface area contributed by atoms with Gasteiger partial charge in [-0.3, -0.25) is 0 Å². The standard InChI is InChI=1S/C12H13FN2O2/c1-8-11(7-16)12(15(2)14-8)17-10-5-3-4-9(13)6-10/h3-6,16H,7H2,1-2H3. The van der Waals surface area contributed by atoms with Crippen LogP contribution < -0.4 is 4.74 Å². The summed E-state index contributed by atoms with van der Waals surface area (Å²) in [5.74, 6) is 0.435. The van der Waals surface area contributed by atoms with Crippen molar-refractivity contribution < 1.29 is 14.2 Å². The van der Waals surface area contributed by atoms with Gasteiger partial charge in [-0.15, -0.1) is 0 Å². The van der Waals surface area contributed by atoms with Crippen molar-refractivity contribution in [2.45, 2.75) is 13.5 Å². The second-order valence-corrected chi connectivity index (χ2v) is 3.71. The Hall–Kier alpha value is -1.88. The molecule has 0 aliphatic carbocycles. The molecule has 90 valence electrons. The van der Waals surface area contributed by atoms with E-state index in [-0.39, 0.29) is 12.4 Å². The molecule has 4 nitrogen and oxygen atoms in total. The monoisotopic (exact) mass is 236 g/mol. The Morgan fingerprint density at radius 2 is 2.24 bits per heavy atom. The molecule has 0 radical (unpaired) electrons. The van der Waals surface area contributed by atoms with E-state index in [1.54, 1.807) is 26.1 Å². The van der Waals surface area contributed by atoms with E-state index >= 15 is 0 Å². The van der Waals surface area contributed by atoms with E-state index in [0.717, 1.165) is 0 Å². The second-order valence-electron chi connectivity index (χ2n) is 3.71. The summed E-state index contributed by atoms with van der Waals surface area (Å²) in [7, 11) is 1.71. The normalized spacial score (nSPS) is 10.6. The van der Waals surface area contributed by atoms with Gasteiger partial charge < -0.3 is 9.84 Å². The molecule has 0 aliphatic rings. The first-order valence-corrected chi connectivity index (χ1v) is 5.18. The maximum atomic E-state index is 13.0. The van der Waals surface area contributed by atoms with E-state index < -0.39 is 0 Å². The maximum absolute atomic E-state index is 13.0. The molecule has 0 aliphatic heterocycles. The molecule has 0 saturated carbocycles. The largest absolute Gasteiger partial charge is 0.439 e. The average Bonchev–Trinajstić information content (AvgIpc) is 2.53. The number of halogens is 1. The molecular formula is C12H13FN2O2. The van der Waals surface area contributed by atoms with Crippen LogP contribution in [0.4, 0.5) is 4.39 Å². The van der Waals surface area contributed by atoms with Gasteiger partial charge in [0.05, 0.1) is 17.9 Å². The van der Waals surface area contributed by atoms with Crippen molar-refractivity contribution in [1.29, 1.82) is 0 Å². The third-order valence-corrected chi connectivity index (χ3v) is 2.46. The van der Waals surface area contributed by atoms with Crippen molar-refractivity contribution in [2.75, 3.05) is 0 Å². The highest BCUT2D eigenvalue weighted by molar-refractivity contribution is 5.35. The third-order valence-electron chi connectivity index (χ3n) is 2.46. The number of aliphatic hydroxyl groups excluding tert-OH is 1. The quantitative estimate of drug-likeness (QED) is 0.888. The first kappa shape index (κ1) is 11.6. The SMILES string of the molecule is Cc1nn(C)c(Oc2cccc(F)c2)c1CO. The topological polar surface area (TPSA) is 47.3 Å². The minimum Gasteiger partial charge on any atom is -0.439 e. The fourth-order valence-electron chi connectivity index (χ4n) is 1.63. The van der Waals surface area contributed by atoms with Crippen LogP contribution in [0.2, 0.25) is 0 Å². The number of benzene rings is 1. The molecule has 1 N–H and O–H groups in total. The Balaban J connectivity index is 2.36. The lowest BCUT2D eigenvalue weighted by molar-refractivity contribution is 0.274. The average molecular weight is 236 g/mol. The maximum Gasteiger partial charge on any atom is 0.223 e. The van der Waals surface area contributed by atoms with E-state index in [1.165, 1.54) is 16.8 Å². The lowest BCUT2D eigenvalue weighted by Gasteiger charge is -2.07. The number of rotatable bonds is 3. The van der Waals surface area contributed by atoms with Crippen LogP contribution in [0.15, 0.2) is 24.3 Å². The van der Waals surface area contributed by atoms with Crippen molar-refractivity contribution in [2.24, 2.45) is 7.05 Å². The molecule has 1 aromatic carbocycles. The lowest BCUT2D eigenvalue weighted by atomic mass is 10.2. The highest BCUT2D eigenvalue weighted by Gasteiger charge is 2.14. The Kier molecular flexibility index (Phi) is 3.10. The van der Waals surface area contributed by atoms with Gasteiger partial charge in [0.2, 0.25) is 5.88 Å². The number of nitrogens with zero attached hydrogens (tertiary/aromatic N) is 2. The molecule has 0 bridgehead atoms. The molecular weight excluding hydrogens is 223 g/mol. The molecule has 0 spiro atoms. The highest BCUT2D eigenvalue weighted by Crippen LogP contribution is 2.27. The third kappa shape index (κ3) is 2.29. The van der Waals surface area contributed by atoms with Crippen LogP contribution in [0.3, 0.4) is 0 Å². The van der Waals surface area contributed by atoms with Crippen molar-refractivity contribution in [3.05, 3.63) is 41.3 Å². The predicted molar refractivity (Wildman–Crippen MR) is 60.3 cm³/mol. The molecule has 17 heavy (non-hydrogen) atoms. The number of aryl methyl sites for hydroxylation is 2. The Morgan fingerprint density at radius 1 is 1.47 bits per heavy atom. The zero-order valence-corrected chi connectivity index (χ0v) is 9.64. The Morgan fingerprint density at radius 3 is 2.88 bits per heavy atom. The number of aromatic nitrogens is 2. The van der Waals surface area contributed by atoms with E-state index in [4.69, 9.17) is 4.74 Å². The molecule has 0 saturated heterocycles. The molecule has 0 amide bonds. The molecule has 1 aromatic heterocycles. The van der Waals surface area contributed by atoms with Crippen molar-refractivity contribution in [3.63, 3.8) is 0 Å². The zero-order valence-electron chi connectivity index (χ0n) is 9.64. The van der Waals surface area contributed by atoms with Crippen LogP contribution in [-0.2, 0) is 13.7 Å². The van der Waals surface area contributed by atoms with Gasteiger partial charge in [-0.1, -0.05) is 6.07 Å². The van der Waals surface area contributed by atoms with Gasteiger partial charge in [0, 0.05) is 13.1 Å². The number of ether oxygens (including phenoxy) is 1.